The number of fused-ring (bicyclic) bond motifs is 1. The molecule has 0 radical (unpaired) electrons. The lowest BCUT2D eigenvalue weighted by Crippen LogP contribution is -2.34. The van der Waals surface area contributed by atoms with E-state index in [0.29, 0.717) is 19.1 Å². The monoisotopic (exact) mass is 317 g/mol. The number of aryl methyl sites for hydroxylation is 1. The van der Waals surface area contributed by atoms with Crippen molar-refractivity contribution >= 4 is 16.9 Å². The summed E-state index contributed by atoms with van der Waals surface area (Å²) >= 11 is 0. The van der Waals surface area contributed by atoms with Crippen molar-refractivity contribution in [1.29, 1.82) is 0 Å². The maximum Gasteiger partial charge on any atom is 0.246 e. The van der Waals surface area contributed by atoms with Gasteiger partial charge in [0, 0.05) is 19.8 Å². The minimum Gasteiger partial charge on any atom is -0.381 e. The van der Waals surface area contributed by atoms with Crippen LogP contribution in [0.5, 0.6) is 0 Å². The molecule has 2 aromatic rings. The van der Waals surface area contributed by atoms with Gasteiger partial charge in [0.1, 0.15) is 19.0 Å². The molecule has 0 spiro atoms. The van der Waals surface area contributed by atoms with Crippen LogP contribution in [0.2, 0.25) is 0 Å². The summed E-state index contributed by atoms with van der Waals surface area (Å²) in [5, 5.41) is 2.92. The second-order valence-electron chi connectivity index (χ2n) is 6.06. The Balaban J connectivity index is 1.40. The van der Waals surface area contributed by atoms with Gasteiger partial charge in [-0.05, 0) is 43.4 Å². The van der Waals surface area contributed by atoms with Crippen molar-refractivity contribution in [1.82, 2.24) is 15.3 Å². The van der Waals surface area contributed by atoms with Gasteiger partial charge < -0.3 is 19.8 Å². The molecular formula is C17H23N3O3. The van der Waals surface area contributed by atoms with Gasteiger partial charge in [0.25, 0.3) is 0 Å². The van der Waals surface area contributed by atoms with E-state index in [0.717, 1.165) is 42.9 Å². The average Bonchev–Trinajstić information content (AvgIpc) is 2.95. The van der Waals surface area contributed by atoms with E-state index < -0.39 is 0 Å². The van der Waals surface area contributed by atoms with E-state index in [1.54, 1.807) is 0 Å². The van der Waals surface area contributed by atoms with Gasteiger partial charge >= 0.3 is 0 Å². The molecule has 1 saturated heterocycles. The van der Waals surface area contributed by atoms with Crippen LogP contribution >= 0.6 is 0 Å². The van der Waals surface area contributed by atoms with Gasteiger partial charge in [0.2, 0.25) is 5.91 Å². The molecule has 6 nitrogen and oxygen atoms in total. The van der Waals surface area contributed by atoms with E-state index in [4.69, 9.17) is 9.47 Å². The van der Waals surface area contributed by atoms with Crippen molar-refractivity contribution in [3.05, 3.63) is 29.6 Å². The standard InChI is InChI=1S/C17H23N3O3/c1-12-2-3-14-15(8-12)20-16(19-14)10-23-11-17(21)18-9-13-4-6-22-7-5-13/h2-3,8,13H,4-7,9-11H2,1H3,(H,18,21)(H,19,20). The molecule has 1 aliphatic rings. The Labute approximate surface area is 135 Å². The summed E-state index contributed by atoms with van der Waals surface area (Å²) in [6, 6.07) is 6.05. The lowest BCUT2D eigenvalue weighted by Gasteiger charge is -2.22. The molecule has 124 valence electrons. The highest BCUT2D eigenvalue weighted by molar-refractivity contribution is 5.77. The van der Waals surface area contributed by atoms with Crippen LogP contribution in [0.1, 0.15) is 24.2 Å². The normalized spacial score (nSPS) is 15.9. The van der Waals surface area contributed by atoms with Gasteiger partial charge in [-0.15, -0.1) is 0 Å². The first-order valence-corrected chi connectivity index (χ1v) is 8.08. The van der Waals surface area contributed by atoms with Crippen LogP contribution in [-0.2, 0) is 20.9 Å². The van der Waals surface area contributed by atoms with Crippen molar-refractivity contribution in [2.24, 2.45) is 5.92 Å². The first-order valence-electron chi connectivity index (χ1n) is 8.08. The van der Waals surface area contributed by atoms with E-state index in [1.165, 1.54) is 5.56 Å². The Bertz CT molecular complexity index is 662. The van der Waals surface area contributed by atoms with Crippen LogP contribution in [0, 0.1) is 12.8 Å². The summed E-state index contributed by atoms with van der Waals surface area (Å²) in [7, 11) is 0. The summed E-state index contributed by atoms with van der Waals surface area (Å²) in [5.74, 6) is 1.18. The molecule has 0 saturated carbocycles. The number of hydrogen-bond donors (Lipinski definition) is 2. The zero-order valence-corrected chi connectivity index (χ0v) is 13.4. The van der Waals surface area contributed by atoms with Crippen LogP contribution in [0.15, 0.2) is 18.2 Å². The van der Waals surface area contributed by atoms with Crippen LogP contribution in [0.3, 0.4) is 0 Å². The largest absolute Gasteiger partial charge is 0.381 e. The lowest BCUT2D eigenvalue weighted by molar-refractivity contribution is -0.126. The predicted octanol–water partition coefficient (Wildman–Crippen LogP) is 1.93. The molecule has 23 heavy (non-hydrogen) atoms. The number of H-pyrrole nitrogens is 1. The van der Waals surface area contributed by atoms with Crippen molar-refractivity contribution in [2.45, 2.75) is 26.4 Å². The molecular weight excluding hydrogens is 294 g/mol. The second-order valence-corrected chi connectivity index (χ2v) is 6.06. The zero-order chi connectivity index (χ0) is 16.1. The SMILES string of the molecule is Cc1ccc2nc(COCC(=O)NCC3CCOCC3)[nH]c2c1. The lowest BCUT2D eigenvalue weighted by atomic mass is 10.0. The van der Waals surface area contributed by atoms with Gasteiger partial charge in [0.15, 0.2) is 0 Å². The molecule has 2 N–H and O–H groups in total. The highest BCUT2D eigenvalue weighted by Crippen LogP contribution is 2.14. The zero-order valence-electron chi connectivity index (χ0n) is 13.4. The third kappa shape index (κ3) is 4.53. The number of amides is 1. The summed E-state index contributed by atoms with van der Waals surface area (Å²) < 4.78 is 10.8. The number of nitrogens with one attached hydrogen (secondary N) is 2. The molecule has 0 atom stereocenters. The first-order chi connectivity index (χ1) is 11.2. The number of rotatable bonds is 6. The molecule has 1 amide bonds. The fourth-order valence-corrected chi connectivity index (χ4v) is 2.74. The maximum atomic E-state index is 11.8. The number of aromatic nitrogens is 2. The number of hydrogen-bond acceptors (Lipinski definition) is 4. The summed E-state index contributed by atoms with van der Waals surface area (Å²) in [4.78, 5) is 19.5. The topological polar surface area (TPSA) is 76.2 Å². The molecule has 1 fully saturated rings. The molecule has 1 aromatic carbocycles. The number of benzene rings is 1. The van der Waals surface area contributed by atoms with E-state index >= 15 is 0 Å². The third-order valence-electron chi connectivity index (χ3n) is 4.09. The van der Waals surface area contributed by atoms with Crippen molar-refractivity contribution in [3.8, 4) is 0 Å². The van der Waals surface area contributed by atoms with Crippen LogP contribution < -0.4 is 5.32 Å². The van der Waals surface area contributed by atoms with Gasteiger partial charge in [-0.25, -0.2) is 4.98 Å². The molecule has 2 heterocycles. The third-order valence-corrected chi connectivity index (χ3v) is 4.09. The van der Waals surface area contributed by atoms with Crippen molar-refractivity contribution in [2.75, 3.05) is 26.4 Å². The fourth-order valence-electron chi connectivity index (χ4n) is 2.74. The molecule has 3 rings (SSSR count). The quantitative estimate of drug-likeness (QED) is 0.853. The molecule has 1 aromatic heterocycles. The number of carbonyl (C=O) groups is 1. The predicted molar refractivity (Wildman–Crippen MR) is 87.0 cm³/mol. The van der Waals surface area contributed by atoms with E-state index in [9.17, 15) is 4.79 Å². The van der Waals surface area contributed by atoms with E-state index in [2.05, 4.69) is 15.3 Å². The molecule has 1 aliphatic heterocycles. The Morgan fingerprint density at radius 2 is 2.26 bits per heavy atom. The smallest absolute Gasteiger partial charge is 0.246 e. The van der Waals surface area contributed by atoms with Gasteiger partial charge in [-0.1, -0.05) is 6.07 Å². The number of aromatic amines is 1. The highest BCUT2D eigenvalue weighted by Gasteiger charge is 2.14. The summed E-state index contributed by atoms with van der Waals surface area (Å²) in [6.07, 6.45) is 2.03. The van der Waals surface area contributed by atoms with Gasteiger partial charge in [0.05, 0.1) is 11.0 Å². The minimum atomic E-state index is -0.0801. The number of ether oxygens (including phenoxy) is 2. The molecule has 0 bridgehead atoms. The van der Waals surface area contributed by atoms with Crippen LogP contribution in [-0.4, -0.2) is 42.2 Å². The van der Waals surface area contributed by atoms with Gasteiger partial charge in [-0.2, -0.15) is 0 Å². The molecule has 0 aliphatic carbocycles. The second kappa shape index (κ2) is 7.57. The van der Waals surface area contributed by atoms with Crippen molar-refractivity contribution in [3.63, 3.8) is 0 Å². The molecule has 6 heteroatoms. The molecule has 0 unspecified atom stereocenters. The summed E-state index contributed by atoms with van der Waals surface area (Å²) in [6.45, 7) is 4.69. The number of imidazole rings is 1. The minimum absolute atomic E-state index is 0.0549. The maximum absolute atomic E-state index is 11.8. The Morgan fingerprint density at radius 1 is 1.43 bits per heavy atom. The average molecular weight is 317 g/mol. The Hall–Kier alpha value is -1.92. The number of carbonyl (C=O) groups excluding carboxylic acids is 1. The van der Waals surface area contributed by atoms with E-state index in [1.807, 2.05) is 25.1 Å². The van der Waals surface area contributed by atoms with E-state index in [-0.39, 0.29) is 12.5 Å². The highest BCUT2D eigenvalue weighted by atomic mass is 16.5. The van der Waals surface area contributed by atoms with Gasteiger partial charge in [-0.3, -0.25) is 4.79 Å². The summed E-state index contributed by atoms with van der Waals surface area (Å²) in [5.41, 5.74) is 3.09. The van der Waals surface area contributed by atoms with Crippen LogP contribution in [0.25, 0.3) is 11.0 Å². The fraction of sp³-hybridized carbons (Fsp3) is 0.529. The first kappa shape index (κ1) is 16.0. The Kier molecular flexibility index (Phi) is 5.25. The number of nitrogens with zero attached hydrogens (tertiary/aromatic N) is 1. The Morgan fingerprint density at radius 3 is 3.09 bits per heavy atom. The van der Waals surface area contributed by atoms with Crippen molar-refractivity contribution < 1.29 is 14.3 Å². The van der Waals surface area contributed by atoms with Crippen LogP contribution in [0.4, 0.5) is 0 Å².